The molecule has 0 amide bonds. The molecule has 0 fully saturated rings. The molecule has 0 saturated heterocycles. The van der Waals surface area contributed by atoms with Crippen LogP contribution in [0.2, 0.25) is 0 Å². The lowest BCUT2D eigenvalue weighted by atomic mass is 10.3. The fourth-order valence-corrected chi connectivity index (χ4v) is 3.81. The van der Waals surface area contributed by atoms with Gasteiger partial charge in [-0.2, -0.15) is 0 Å². The Labute approximate surface area is 122 Å². The summed E-state index contributed by atoms with van der Waals surface area (Å²) in [5.41, 5.74) is 5.62. The van der Waals surface area contributed by atoms with Crippen LogP contribution in [-0.4, -0.2) is 30.7 Å². The number of hydrogen-bond acceptors (Lipinski definition) is 4. The van der Waals surface area contributed by atoms with Crippen LogP contribution in [0.1, 0.15) is 6.92 Å². The van der Waals surface area contributed by atoms with Crippen LogP contribution in [-0.2, 0) is 20.8 Å². The minimum atomic E-state index is -4.01. The van der Waals surface area contributed by atoms with Gasteiger partial charge in [0.05, 0.1) is 4.47 Å². The molecule has 0 aliphatic heterocycles. The molecule has 108 valence electrons. The fourth-order valence-electron chi connectivity index (χ4n) is 1.29. The maximum Gasteiger partial charge on any atom is 0.243 e. The Morgan fingerprint density at radius 2 is 2.11 bits per heavy atom. The smallest absolute Gasteiger partial charge is 0.243 e. The first kappa shape index (κ1) is 16.5. The van der Waals surface area contributed by atoms with Gasteiger partial charge < -0.3 is 5.73 Å². The summed E-state index contributed by atoms with van der Waals surface area (Å²) < 4.78 is 50.9. The average molecular weight is 373 g/mol. The Morgan fingerprint density at radius 1 is 1.47 bits per heavy atom. The van der Waals surface area contributed by atoms with Crippen molar-refractivity contribution >= 4 is 42.4 Å². The second kappa shape index (κ2) is 6.78. The van der Waals surface area contributed by atoms with Gasteiger partial charge in [-0.25, -0.2) is 17.5 Å². The summed E-state index contributed by atoms with van der Waals surface area (Å²) in [5, 5.41) is 0. The highest BCUT2D eigenvalue weighted by Gasteiger charge is 2.21. The van der Waals surface area contributed by atoms with E-state index in [1.54, 1.807) is 6.92 Å². The molecule has 1 unspecified atom stereocenters. The Morgan fingerprint density at radius 3 is 2.68 bits per heavy atom. The minimum absolute atomic E-state index is 0.0192. The predicted molar refractivity (Wildman–Crippen MR) is 77.3 cm³/mol. The van der Waals surface area contributed by atoms with Crippen LogP contribution in [0.25, 0.3) is 0 Å². The standard InChI is InChI=1S/C10H14BrFN2O3S2/c1-2-18(15)4-3-14-19(16,17)9-6-7(13)5-8(11)10(9)12/h5-6,14H,2-4,13H2,1H3. The van der Waals surface area contributed by atoms with Crippen molar-refractivity contribution < 1.29 is 17.0 Å². The van der Waals surface area contributed by atoms with Crippen LogP contribution in [0.15, 0.2) is 21.5 Å². The third-order valence-electron chi connectivity index (χ3n) is 2.25. The zero-order valence-electron chi connectivity index (χ0n) is 10.2. The van der Waals surface area contributed by atoms with E-state index in [9.17, 15) is 17.0 Å². The molecule has 1 aromatic carbocycles. The number of sulfonamides is 1. The summed E-state index contributed by atoms with van der Waals surface area (Å²) in [4.78, 5) is -0.526. The van der Waals surface area contributed by atoms with Crippen LogP contribution in [0.5, 0.6) is 0 Å². The van der Waals surface area contributed by atoms with E-state index in [1.807, 2.05) is 0 Å². The van der Waals surface area contributed by atoms with E-state index in [0.717, 1.165) is 6.07 Å². The van der Waals surface area contributed by atoms with Gasteiger partial charge in [0, 0.05) is 34.5 Å². The quantitative estimate of drug-likeness (QED) is 0.734. The molecule has 0 saturated carbocycles. The van der Waals surface area contributed by atoms with E-state index in [1.165, 1.54) is 6.07 Å². The Bertz CT molecular complexity index is 593. The van der Waals surface area contributed by atoms with Crippen molar-refractivity contribution in [2.24, 2.45) is 0 Å². The number of anilines is 1. The van der Waals surface area contributed by atoms with Gasteiger partial charge in [0.2, 0.25) is 10.0 Å². The van der Waals surface area contributed by atoms with E-state index in [2.05, 4.69) is 20.7 Å². The van der Waals surface area contributed by atoms with E-state index >= 15 is 0 Å². The van der Waals surface area contributed by atoms with Crippen LogP contribution in [0, 0.1) is 5.82 Å². The number of rotatable bonds is 6. The Hall–Kier alpha value is -0.510. The predicted octanol–water partition coefficient (Wildman–Crippen LogP) is 1.22. The summed E-state index contributed by atoms with van der Waals surface area (Å²) in [5.74, 6) is -0.279. The molecule has 0 radical (unpaired) electrons. The van der Waals surface area contributed by atoms with Gasteiger partial charge in [0.1, 0.15) is 4.90 Å². The Balaban J connectivity index is 2.92. The summed E-state index contributed by atoms with van der Waals surface area (Å²) >= 11 is 2.90. The van der Waals surface area contributed by atoms with Crippen LogP contribution >= 0.6 is 15.9 Å². The normalized spacial score (nSPS) is 13.4. The van der Waals surface area contributed by atoms with E-state index in [4.69, 9.17) is 5.73 Å². The van der Waals surface area contributed by atoms with Crippen molar-refractivity contribution in [1.29, 1.82) is 0 Å². The molecule has 9 heteroatoms. The van der Waals surface area contributed by atoms with Crippen molar-refractivity contribution in [1.82, 2.24) is 4.72 Å². The molecule has 0 spiro atoms. The van der Waals surface area contributed by atoms with E-state index in [0.29, 0.717) is 5.75 Å². The molecule has 3 N–H and O–H groups in total. The number of benzene rings is 1. The number of nitrogen functional groups attached to an aromatic ring is 1. The van der Waals surface area contributed by atoms with Crippen molar-refractivity contribution in [3.8, 4) is 0 Å². The van der Waals surface area contributed by atoms with Gasteiger partial charge in [-0.3, -0.25) is 4.21 Å². The van der Waals surface area contributed by atoms with Crippen LogP contribution < -0.4 is 10.5 Å². The fraction of sp³-hybridized carbons (Fsp3) is 0.400. The maximum atomic E-state index is 13.7. The van der Waals surface area contributed by atoms with Crippen LogP contribution in [0.3, 0.4) is 0 Å². The maximum absolute atomic E-state index is 13.7. The number of nitrogens with two attached hydrogens (primary N) is 1. The lowest BCUT2D eigenvalue weighted by Gasteiger charge is -2.09. The molecule has 0 bridgehead atoms. The topological polar surface area (TPSA) is 89.3 Å². The van der Waals surface area contributed by atoms with Gasteiger partial charge in [0.25, 0.3) is 0 Å². The molecule has 1 atom stereocenters. The molecule has 19 heavy (non-hydrogen) atoms. The summed E-state index contributed by atoms with van der Waals surface area (Å²) in [6, 6.07) is 2.32. The van der Waals surface area contributed by atoms with E-state index < -0.39 is 31.5 Å². The monoisotopic (exact) mass is 372 g/mol. The molecular weight excluding hydrogens is 359 g/mol. The molecule has 0 aliphatic rings. The Kier molecular flexibility index (Phi) is 5.90. The molecular formula is C10H14BrFN2O3S2. The third kappa shape index (κ3) is 4.51. The van der Waals surface area contributed by atoms with Gasteiger partial charge in [-0.1, -0.05) is 6.92 Å². The molecule has 5 nitrogen and oxygen atoms in total. The van der Waals surface area contributed by atoms with Crippen LogP contribution in [0.4, 0.5) is 10.1 Å². The van der Waals surface area contributed by atoms with Crippen molar-refractivity contribution in [3.05, 3.63) is 22.4 Å². The first-order chi connectivity index (χ1) is 8.77. The lowest BCUT2D eigenvalue weighted by molar-refractivity contribution is 0.556. The largest absolute Gasteiger partial charge is 0.399 e. The average Bonchev–Trinajstić information content (AvgIpc) is 2.33. The summed E-state index contributed by atoms with van der Waals surface area (Å²) in [7, 11) is -5.10. The van der Waals surface area contributed by atoms with Crippen molar-refractivity contribution in [2.75, 3.05) is 23.8 Å². The second-order valence-corrected chi connectivity index (χ2v) is 8.10. The van der Waals surface area contributed by atoms with Gasteiger partial charge in [-0.15, -0.1) is 0 Å². The number of halogens is 2. The summed E-state index contributed by atoms with van der Waals surface area (Å²) in [6.07, 6.45) is 0. The van der Waals surface area contributed by atoms with Gasteiger partial charge >= 0.3 is 0 Å². The highest BCUT2D eigenvalue weighted by atomic mass is 79.9. The van der Waals surface area contributed by atoms with Crippen molar-refractivity contribution in [3.63, 3.8) is 0 Å². The third-order valence-corrected chi connectivity index (χ3v) is 5.59. The molecule has 0 heterocycles. The lowest BCUT2D eigenvalue weighted by Crippen LogP contribution is -2.29. The second-order valence-electron chi connectivity index (χ2n) is 3.65. The zero-order valence-corrected chi connectivity index (χ0v) is 13.4. The summed E-state index contributed by atoms with van der Waals surface area (Å²) in [6.45, 7) is 1.72. The molecule has 1 rings (SSSR count). The SMILES string of the molecule is CCS(=O)CCNS(=O)(=O)c1cc(N)cc(Br)c1F. The van der Waals surface area contributed by atoms with Gasteiger partial charge in [0.15, 0.2) is 5.82 Å². The first-order valence-corrected chi connectivity index (χ1v) is 9.13. The molecule has 1 aromatic rings. The first-order valence-electron chi connectivity index (χ1n) is 5.37. The molecule has 0 aromatic heterocycles. The highest BCUT2D eigenvalue weighted by molar-refractivity contribution is 9.10. The minimum Gasteiger partial charge on any atom is -0.399 e. The number of hydrogen-bond donors (Lipinski definition) is 2. The van der Waals surface area contributed by atoms with Crippen molar-refractivity contribution in [2.45, 2.75) is 11.8 Å². The molecule has 0 aliphatic carbocycles. The highest BCUT2D eigenvalue weighted by Crippen LogP contribution is 2.25. The van der Waals surface area contributed by atoms with E-state index in [-0.39, 0.29) is 22.5 Å². The number of nitrogens with one attached hydrogen (secondary N) is 1. The van der Waals surface area contributed by atoms with Gasteiger partial charge in [-0.05, 0) is 28.1 Å². The zero-order chi connectivity index (χ0) is 14.6.